The number of hydrogen-bond acceptors (Lipinski definition) is 5. The lowest BCUT2D eigenvalue weighted by Gasteiger charge is -2.24. The third-order valence-electron chi connectivity index (χ3n) is 4.78. The molecule has 0 saturated heterocycles. The summed E-state index contributed by atoms with van der Waals surface area (Å²) < 4.78 is 7.03. The largest absolute Gasteiger partial charge is 0.466 e. The Morgan fingerprint density at radius 2 is 1.70 bits per heavy atom. The van der Waals surface area contributed by atoms with E-state index in [9.17, 15) is 9.59 Å². The van der Waals surface area contributed by atoms with Crippen LogP contribution in [0.1, 0.15) is 24.1 Å². The predicted octanol–water partition coefficient (Wildman–Crippen LogP) is 3.72. The van der Waals surface area contributed by atoms with Crippen LogP contribution in [0.25, 0.3) is 6.08 Å². The van der Waals surface area contributed by atoms with Gasteiger partial charge in [0, 0.05) is 10.0 Å². The zero-order valence-electron chi connectivity index (χ0n) is 16.1. The van der Waals surface area contributed by atoms with Crippen molar-refractivity contribution < 1.29 is 9.53 Å². The minimum atomic E-state index is -0.654. The molecule has 8 heteroatoms. The van der Waals surface area contributed by atoms with Crippen molar-refractivity contribution >= 4 is 46.6 Å². The Balaban J connectivity index is 1.96. The molecule has 1 aliphatic rings. The summed E-state index contributed by atoms with van der Waals surface area (Å²) in [5.74, 6) is -0.525. The Morgan fingerprint density at radius 1 is 1.10 bits per heavy atom. The number of carbonyl (C=O) groups excluding carboxylic acids is 1. The molecule has 0 N–H and O–H groups in total. The van der Waals surface area contributed by atoms with Gasteiger partial charge >= 0.3 is 5.97 Å². The van der Waals surface area contributed by atoms with Crippen LogP contribution < -0.4 is 14.9 Å². The number of rotatable bonds is 3. The molecule has 0 amide bonds. The zero-order chi connectivity index (χ0) is 21.4. The molecule has 1 aliphatic heterocycles. The highest BCUT2D eigenvalue weighted by atomic mass is 35.5. The molecule has 3 aromatic rings. The minimum absolute atomic E-state index is 0.234. The maximum absolute atomic E-state index is 13.4. The van der Waals surface area contributed by atoms with Crippen molar-refractivity contribution in [1.29, 1.82) is 0 Å². The lowest BCUT2D eigenvalue weighted by Crippen LogP contribution is -2.39. The van der Waals surface area contributed by atoms with Crippen LogP contribution in [0.5, 0.6) is 0 Å². The maximum atomic E-state index is 13.4. The number of methoxy groups -OCH3 is 1. The summed E-state index contributed by atoms with van der Waals surface area (Å²) in [5.41, 5.74) is 2.19. The predicted molar refractivity (Wildman–Crippen MR) is 119 cm³/mol. The number of hydrogen-bond donors (Lipinski definition) is 0. The lowest BCUT2D eigenvalue weighted by atomic mass is 9.96. The van der Waals surface area contributed by atoms with E-state index in [1.165, 1.54) is 23.0 Å². The van der Waals surface area contributed by atoms with Gasteiger partial charge in [0.1, 0.15) is 0 Å². The summed E-state index contributed by atoms with van der Waals surface area (Å²) in [5, 5.41) is 1.18. The van der Waals surface area contributed by atoms with E-state index in [1.807, 2.05) is 12.1 Å². The van der Waals surface area contributed by atoms with Crippen LogP contribution in [-0.2, 0) is 9.53 Å². The second kappa shape index (κ2) is 8.22. The fourth-order valence-corrected chi connectivity index (χ4v) is 4.66. The van der Waals surface area contributed by atoms with Crippen LogP contribution in [0.4, 0.5) is 0 Å². The van der Waals surface area contributed by atoms with Crippen LogP contribution in [0.3, 0.4) is 0 Å². The molecule has 0 spiro atoms. The molecule has 4 rings (SSSR count). The van der Waals surface area contributed by atoms with Gasteiger partial charge in [0.15, 0.2) is 4.80 Å². The number of ether oxygens (including phenoxy) is 1. The molecule has 1 atom stereocenters. The molecule has 1 aromatic heterocycles. The summed E-state index contributed by atoms with van der Waals surface area (Å²) in [7, 11) is 1.31. The number of aromatic nitrogens is 1. The highest BCUT2D eigenvalue weighted by Gasteiger charge is 2.32. The first kappa shape index (κ1) is 20.6. The van der Waals surface area contributed by atoms with Crippen LogP contribution in [0.15, 0.2) is 69.6 Å². The van der Waals surface area contributed by atoms with Gasteiger partial charge in [-0.2, -0.15) is 0 Å². The smallest absolute Gasteiger partial charge is 0.338 e. The van der Waals surface area contributed by atoms with E-state index in [-0.39, 0.29) is 5.56 Å². The van der Waals surface area contributed by atoms with Crippen molar-refractivity contribution in [3.05, 3.63) is 101 Å². The Morgan fingerprint density at radius 3 is 2.30 bits per heavy atom. The first-order chi connectivity index (χ1) is 14.4. The van der Waals surface area contributed by atoms with E-state index in [2.05, 4.69) is 4.99 Å². The van der Waals surface area contributed by atoms with Gasteiger partial charge in [-0.1, -0.05) is 58.8 Å². The molecule has 0 radical (unpaired) electrons. The number of esters is 1. The Bertz CT molecular complexity index is 1340. The topological polar surface area (TPSA) is 60.7 Å². The molecular formula is C22H16Cl2N2O3S. The second-order valence-corrected chi connectivity index (χ2v) is 8.56. The number of allylic oxidation sites excluding steroid dienone is 1. The number of halogens is 2. The van der Waals surface area contributed by atoms with Crippen molar-refractivity contribution in [2.75, 3.05) is 7.11 Å². The summed E-state index contributed by atoms with van der Waals surface area (Å²) in [6.45, 7) is 1.74. The highest BCUT2D eigenvalue weighted by Crippen LogP contribution is 2.31. The first-order valence-electron chi connectivity index (χ1n) is 9.01. The van der Waals surface area contributed by atoms with E-state index in [0.29, 0.717) is 30.6 Å². The molecule has 2 heterocycles. The van der Waals surface area contributed by atoms with Gasteiger partial charge in [0.25, 0.3) is 5.56 Å². The average molecular weight is 459 g/mol. The zero-order valence-corrected chi connectivity index (χ0v) is 18.4. The summed E-state index contributed by atoms with van der Waals surface area (Å²) >= 11 is 13.3. The molecule has 0 bridgehead atoms. The fraction of sp³-hybridized carbons (Fsp3) is 0.136. The third kappa shape index (κ3) is 3.74. The van der Waals surface area contributed by atoms with Crippen molar-refractivity contribution in [1.82, 2.24) is 4.57 Å². The molecule has 152 valence electrons. The van der Waals surface area contributed by atoms with E-state index in [1.54, 1.807) is 49.4 Å². The van der Waals surface area contributed by atoms with Crippen LogP contribution in [-0.4, -0.2) is 17.6 Å². The lowest BCUT2D eigenvalue weighted by molar-refractivity contribution is -0.136. The number of benzene rings is 2. The van der Waals surface area contributed by atoms with Crippen LogP contribution in [0.2, 0.25) is 10.0 Å². The van der Waals surface area contributed by atoms with Gasteiger partial charge < -0.3 is 4.74 Å². The van der Waals surface area contributed by atoms with E-state index < -0.39 is 12.0 Å². The highest BCUT2D eigenvalue weighted by molar-refractivity contribution is 7.07. The number of carbonyl (C=O) groups is 1. The fourth-order valence-electron chi connectivity index (χ4n) is 3.36. The van der Waals surface area contributed by atoms with Crippen molar-refractivity contribution in [2.45, 2.75) is 13.0 Å². The third-order valence-corrected chi connectivity index (χ3v) is 6.27. The van der Waals surface area contributed by atoms with Crippen LogP contribution in [0, 0.1) is 0 Å². The van der Waals surface area contributed by atoms with Crippen LogP contribution >= 0.6 is 34.5 Å². The first-order valence-corrected chi connectivity index (χ1v) is 10.6. The minimum Gasteiger partial charge on any atom is -0.466 e. The number of thiazole rings is 1. The van der Waals surface area contributed by atoms with Gasteiger partial charge in [0.05, 0.1) is 29.0 Å². The van der Waals surface area contributed by atoms with Crippen molar-refractivity contribution in [3.63, 3.8) is 0 Å². The standard InChI is InChI=1S/C22H16Cl2N2O3S/c1-12-18(21(28)29-2)19(14-5-9-16(24)10-6-14)26-20(27)17(30-22(26)25-12)11-13-3-7-15(23)8-4-13/h3-11,19H,1-2H3/b17-11-/t19-/m1/s1. The van der Waals surface area contributed by atoms with Gasteiger partial charge in [-0.15, -0.1) is 0 Å². The van der Waals surface area contributed by atoms with Gasteiger partial charge in [-0.25, -0.2) is 9.79 Å². The Kier molecular flexibility index (Phi) is 5.64. The summed E-state index contributed by atoms with van der Waals surface area (Å²) in [6.07, 6.45) is 1.79. The summed E-state index contributed by atoms with van der Waals surface area (Å²) in [6, 6.07) is 13.6. The second-order valence-electron chi connectivity index (χ2n) is 6.68. The monoisotopic (exact) mass is 458 g/mol. The quantitative estimate of drug-likeness (QED) is 0.561. The van der Waals surface area contributed by atoms with E-state index >= 15 is 0 Å². The normalized spacial score (nSPS) is 16.3. The molecule has 2 aromatic carbocycles. The molecular weight excluding hydrogens is 443 g/mol. The molecule has 0 aliphatic carbocycles. The van der Waals surface area contributed by atoms with E-state index in [4.69, 9.17) is 27.9 Å². The number of nitrogens with zero attached hydrogens (tertiary/aromatic N) is 2. The molecule has 30 heavy (non-hydrogen) atoms. The molecule has 0 saturated carbocycles. The van der Waals surface area contributed by atoms with E-state index in [0.717, 1.165) is 11.1 Å². The van der Waals surface area contributed by atoms with Gasteiger partial charge in [-0.05, 0) is 48.4 Å². The van der Waals surface area contributed by atoms with Crippen molar-refractivity contribution in [3.8, 4) is 0 Å². The molecule has 0 unspecified atom stereocenters. The van der Waals surface area contributed by atoms with Crippen molar-refractivity contribution in [2.24, 2.45) is 4.99 Å². The Hall–Kier alpha value is -2.67. The Labute approximate surface area is 186 Å². The van der Waals surface area contributed by atoms with Gasteiger partial charge in [-0.3, -0.25) is 9.36 Å². The SMILES string of the molecule is COC(=O)C1=C(C)N=c2s/c(=C\c3ccc(Cl)cc3)c(=O)n2[C@@H]1c1ccc(Cl)cc1. The average Bonchev–Trinajstić information content (AvgIpc) is 3.03. The molecule has 0 fully saturated rings. The van der Waals surface area contributed by atoms with Gasteiger partial charge in [0.2, 0.25) is 0 Å². The maximum Gasteiger partial charge on any atom is 0.338 e. The number of fused-ring (bicyclic) bond motifs is 1. The molecule has 5 nitrogen and oxygen atoms in total. The summed E-state index contributed by atoms with van der Waals surface area (Å²) in [4.78, 5) is 31.0.